The van der Waals surface area contributed by atoms with Crippen LogP contribution in [0.4, 0.5) is 8.78 Å². The van der Waals surface area contributed by atoms with Crippen molar-refractivity contribution in [1.82, 2.24) is 0 Å². The number of rotatable bonds is 6. The van der Waals surface area contributed by atoms with Gasteiger partial charge in [-0.3, -0.25) is 0 Å². The molecule has 132 valence electrons. The summed E-state index contributed by atoms with van der Waals surface area (Å²) >= 11 is 6.15. The van der Waals surface area contributed by atoms with Crippen molar-refractivity contribution < 1.29 is 27.7 Å². The standard InChI is InChI=1S/C18H15ClF2O4/c1-2-18-23-10-15(25-18)9-22-17-4-3-13(8-16(17)19)24-14-6-11(20)5-12(21)7-14/h3-8,10,18H,2,9H2,1H3. The van der Waals surface area contributed by atoms with Crippen LogP contribution in [0, 0.1) is 11.6 Å². The minimum absolute atomic E-state index is 0.0366. The van der Waals surface area contributed by atoms with Crippen LogP contribution in [0.2, 0.25) is 5.02 Å². The quantitative estimate of drug-likeness (QED) is 0.682. The van der Waals surface area contributed by atoms with Crippen LogP contribution in [0.15, 0.2) is 48.4 Å². The highest BCUT2D eigenvalue weighted by atomic mass is 35.5. The normalized spacial score (nSPS) is 16.0. The van der Waals surface area contributed by atoms with E-state index in [1.165, 1.54) is 12.3 Å². The fourth-order valence-electron chi connectivity index (χ4n) is 2.16. The molecule has 0 fully saturated rings. The summed E-state index contributed by atoms with van der Waals surface area (Å²) in [4.78, 5) is 0. The van der Waals surface area contributed by atoms with Gasteiger partial charge in [0.2, 0.25) is 6.29 Å². The van der Waals surface area contributed by atoms with Crippen molar-refractivity contribution in [2.24, 2.45) is 0 Å². The number of halogens is 3. The minimum atomic E-state index is -0.724. The summed E-state index contributed by atoms with van der Waals surface area (Å²) < 4.78 is 48.1. The molecule has 1 aliphatic rings. The lowest BCUT2D eigenvalue weighted by Gasteiger charge is -2.12. The summed E-state index contributed by atoms with van der Waals surface area (Å²) in [5.41, 5.74) is 0. The zero-order valence-corrected chi connectivity index (χ0v) is 14.1. The predicted molar refractivity (Wildman–Crippen MR) is 87.7 cm³/mol. The Morgan fingerprint density at radius 3 is 2.48 bits per heavy atom. The third-order valence-corrected chi connectivity index (χ3v) is 3.61. The molecule has 0 spiro atoms. The van der Waals surface area contributed by atoms with Crippen LogP contribution >= 0.6 is 11.6 Å². The number of hydrogen-bond acceptors (Lipinski definition) is 4. The van der Waals surface area contributed by atoms with E-state index >= 15 is 0 Å². The highest BCUT2D eigenvalue weighted by Gasteiger charge is 2.18. The van der Waals surface area contributed by atoms with Crippen LogP contribution in [0.25, 0.3) is 0 Å². The number of benzene rings is 2. The molecule has 1 heterocycles. The van der Waals surface area contributed by atoms with Crippen molar-refractivity contribution in [2.75, 3.05) is 6.61 Å². The molecule has 0 radical (unpaired) electrons. The Kier molecular flexibility index (Phi) is 5.28. The van der Waals surface area contributed by atoms with Crippen molar-refractivity contribution in [1.29, 1.82) is 0 Å². The van der Waals surface area contributed by atoms with Gasteiger partial charge >= 0.3 is 0 Å². The molecule has 1 atom stereocenters. The van der Waals surface area contributed by atoms with Gasteiger partial charge in [-0.25, -0.2) is 8.78 Å². The van der Waals surface area contributed by atoms with Gasteiger partial charge in [0.05, 0.1) is 5.02 Å². The van der Waals surface area contributed by atoms with E-state index in [-0.39, 0.29) is 18.6 Å². The first kappa shape index (κ1) is 17.4. The van der Waals surface area contributed by atoms with Crippen LogP contribution in [-0.4, -0.2) is 12.9 Å². The first-order valence-corrected chi connectivity index (χ1v) is 7.98. The van der Waals surface area contributed by atoms with Crippen LogP contribution < -0.4 is 9.47 Å². The fourth-order valence-corrected chi connectivity index (χ4v) is 2.38. The first-order valence-electron chi connectivity index (χ1n) is 7.61. The van der Waals surface area contributed by atoms with Gasteiger partial charge < -0.3 is 18.9 Å². The van der Waals surface area contributed by atoms with E-state index in [0.717, 1.165) is 24.6 Å². The third kappa shape index (κ3) is 4.54. The van der Waals surface area contributed by atoms with Gasteiger partial charge in [0.25, 0.3) is 0 Å². The Hall–Kier alpha value is -2.47. The van der Waals surface area contributed by atoms with Crippen molar-refractivity contribution in [3.05, 3.63) is 65.1 Å². The average molecular weight is 369 g/mol. The molecule has 0 N–H and O–H groups in total. The first-order chi connectivity index (χ1) is 12.0. The van der Waals surface area contributed by atoms with Gasteiger partial charge in [-0.05, 0) is 12.1 Å². The van der Waals surface area contributed by atoms with Crippen molar-refractivity contribution in [2.45, 2.75) is 19.6 Å². The Labute approximate surface area is 148 Å². The SMILES string of the molecule is CCC1OC=C(COc2ccc(Oc3cc(F)cc(F)c3)cc2Cl)O1. The van der Waals surface area contributed by atoms with E-state index in [9.17, 15) is 8.78 Å². The minimum Gasteiger partial charge on any atom is -0.484 e. The molecule has 4 nitrogen and oxygen atoms in total. The van der Waals surface area contributed by atoms with Gasteiger partial charge in [-0.1, -0.05) is 18.5 Å². The van der Waals surface area contributed by atoms with Crippen molar-refractivity contribution in [3.63, 3.8) is 0 Å². The number of hydrogen-bond donors (Lipinski definition) is 0. The molecular weight excluding hydrogens is 354 g/mol. The molecule has 0 bridgehead atoms. The van der Waals surface area contributed by atoms with Gasteiger partial charge in [0, 0.05) is 30.7 Å². The van der Waals surface area contributed by atoms with Crippen LogP contribution in [0.5, 0.6) is 17.2 Å². The van der Waals surface area contributed by atoms with E-state index < -0.39 is 11.6 Å². The van der Waals surface area contributed by atoms with Crippen molar-refractivity contribution >= 4 is 11.6 Å². The second-order valence-corrected chi connectivity index (χ2v) is 5.67. The zero-order chi connectivity index (χ0) is 17.8. The smallest absolute Gasteiger partial charge is 0.240 e. The van der Waals surface area contributed by atoms with Crippen LogP contribution in [0.3, 0.4) is 0 Å². The molecule has 0 saturated carbocycles. The van der Waals surface area contributed by atoms with E-state index in [0.29, 0.717) is 22.3 Å². The Bertz CT molecular complexity index is 774. The van der Waals surface area contributed by atoms with E-state index in [2.05, 4.69) is 0 Å². The lowest BCUT2D eigenvalue weighted by atomic mass is 10.3. The second kappa shape index (κ2) is 7.61. The summed E-state index contributed by atoms with van der Waals surface area (Å²) in [6.07, 6.45) is 1.96. The van der Waals surface area contributed by atoms with Gasteiger partial charge in [0.1, 0.15) is 41.8 Å². The molecule has 1 unspecified atom stereocenters. The fraction of sp³-hybridized carbons (Fsp3) is 0.222. The number of ether oxygens (including phenoxy) is 4. The van der Waals surface area contributed by atoms with Gasteiger partial charge in [0.15, 0.2) is 5.76 Å². The molecule has 0 aromatic heterocycles. The molecule has 25 heavy (non-hydrogen) atoms. The summed E-state index contributed by atoms with van der Waals surface area (Å²) in [7, 11) is 0. The molecule has 0 amide bonds. The van der Waals surface area contributed by atoms with Crippen molar-refractivity contribution in [3.8, 4) is 17.2 Å². The van der Waals surface area contributed by atoms with Gasteiger partial charge in [-0.15, -0.1) is 0 Å². The predicted octanol–water partition coefficient (Wildman–Crippen LogP) is 5.41. The van der Waals surface area contributed by atoms with E-state index in [4.69, 9.17) is 30.5 Å². The third-order valence-electron chi connectivity index (χ3n) is 3.31. The molecule has 0 aliphatic carbocycles. The molecular formula is C18H15ClF2O4. The maximum absolute atomic E-state index is 13.2. The molecule has 2 aromatic carbocycles. The van der Waals surface area contributed by atoms with E-state index in [1.54, 1.807) is 12.1 Å². The van der Waals surface area contributed by atoms with Gasteiger partial charge in [-0.2, -0.15) is 0 Å². The Morgan fingerprint density at radius 1 is 1.08 bits per heavy atom. The molecule has 2 aromatic rings. The summed E-state index contributed by atoms with van der Waals surface area (Å²) in [5, 5.41) is 0.293. The maximum Gasteiger partial charge on any atom is 0.240 e. The van der Waals surface area contributed by atoms with E-state index in [1.807, 2.05) is 6.92 Å². The summed E-state index contributed by atoms with van der Waals surface area (Å²) in [5.74, 6) is -0.0954. The molecule has 1 aliphatic heterocycles. The lowest BCUT2D eigenvalue weighted by Crippen LogP contribution is -2.09. The Balaban J connectivity index is 1.62. The molecule has 0 saturated heterocycles. The molecule has 7 heteroatoms. The summed E-state index contributed by atoms with van der Waals surface area (Å²) in [6, 6.07) is 7.60. The lowest BCUT2D eigenvalue weighted by molar-refractivity contribution is -0.0375. The second-order valence-electron chi connectivity index (χ2n) is 5.26. The zero-order valence-electron chi connectivity index (χ0n) is 13.3. The Morgan fingerprint density at radius 2 is 1.84 bits per heavy atom. The maximum atomic E-state index is 13.2. The van der Waals surface area contributed by atoms with Crippen LogP contribution in [-0.2, 0) is 9.47 Å². The highest BCUT2D eigenvalue weighted by molar-refractivity contribution is 6.32. The topological polar surface area (TPSA) is 36.9 Å². The average Bonchev–Trinajstić information content (AvgIpc) is 3.01. The largest absolute Gasteiger partial charge is 0.484 e. The summed E-state index contributed by atoms with van der Waals surface area (Å²) in [6.45, 7) is 2.12. The highest BCUT2D eigenvalue weighted by Crippen LogP contribution is 2.32. The van der Waals surface area contributed by atoms with Crippen LogP contribution in [0.1, 0.15) is 13.3 Å². The molecule has 3 rings (SSSR count). The monoisotopic (exact) mass is 368 g/mol.